The molecule has 1 aromatic carbocycles. The van der Waals surface area contributed by atoms with Gasteiger partial charge < -0.3 is 5.32 Å². The number of benzene rings is 1. The van der Waals surface area contributed by atoms with Crippen molar-refractivity contribution < 1.29 is 0 Å². The Balaban J connectivity index is 1.63. The van der Waals surface area contributed by atoms with E-state index in [0.717, 1.165) is 30.3 Å². The van der Waals surface area contributed by atoms with Crippen molar-refractivity contribution in [2.24, 2.45) is 11.8 Å². The highest BCUT2D eigenvalue weighted by atomic mass is 14.9. The monoisotopic (exact) mass is 243 g/mol. The van der Waals surface area contributed by atoms with Gasteiger partial charge in [0.1, 0.15) is 0 Å². The number of rotatable bonds is 4. The summed E-state index contributed by atoms with van der Waals surface area (Å²) in [6.45, 7) is 5.86. The van der Waals surface area contributed by atoms with E-state index in [-0.39, 0.29) is 0 Å². The fraction of sp³-hybridized carbons (Fsp3) is 0.647. The van der Waals surface area contributed by atoms with Gasteiger partial charge in [0.15, 0.2) is 0 Å². The minimum atomic E-state index is 0.729. The molecule has 0 aliphatic heterocycles. The predicted octanol–water partition coefficient (Wildman–Crippen LogP) is 4.09. The van der Waals surface area contributed by atoms with Crippen LogP contribution in [0, 0.1) is 11.8 Å². The van der Waals surface area contributed by atoms with Crippen molar-refractivity contribution in [3.05, 3.63) is 35.4 Å². The van der Waals surface area contributed by atoms with Gasteiger partial charge in [-0.25, -0.2) is 0 Å². The fourth-order valence-electron chi connectivity index (χ4n) is 3.38. The van der Waals surface area contributed by atoms with Gasteiger partial charge in [0.05, 0.1) is 0 Å². The van der Waals surface area contributed by atoms with E-state index < -0.39 is 0 Å². The van der Waals surface area contributed by atoms with Gasteiger partial charge in [-0.2, -0.15) is 0 Å². The third kappa shape index (κ3) is 2.47. The summed E-state index contributed by atoms with van der Waals surface area (Å²) in [5.74, 6) is 2.59. The van der Waals surface area contributed by atoms with Crippen molar-refractivity contribution in [3.8, 4) is 0 Å². The Bertz CT molecular complexity index is 408. The second-order valence-corrected chi connectivity index (χ2v) is 6.37. The maximum absolute atomic E-state index is 3.80. The molecule has 0 amide bonds. The minimum absolute atomic E-state index is 0.729. The first kappa shape index (κ1) is 12.2. The second kappa shape index (κ2) is 5.05. The third-order valence-corrected chi connectivity index (χ3v) is 5.09. The largest absolute Gasteiger partial charge is 0.310 e. The lowest BCUT2D eigenvalue weighted by molar-refractivity contribution is 0.369. The standard InChI is InChI=1S/C17H25N/c1-12-7-10-17(13(12)2)18-11-15-5-3-4-6-16(15)14-8-9-14/h3-6,12-14,17-18H,7-11H2,1-2H3. The molecule has 98 valence electrons. The van der Waals surface area contributed by atoms with Crippen LogP contribution in [0.5, 0.6) is 0 Å². The Hall–Kier alpha value is -0.820. The van der Waals surface area contributed by atoms with E-state index in [0.29, 0.717) is 0 Å². The van der Waals surface area contributed by atoms with Gasteiger partial charge in [0.25, 0.3) is 0 Å². The lowest BCUT2D eigenvalue weighted by Crippen LogP contribution is -2.32. The van der Waals surface area contributed by atoms with Crippen molar-refractivity contribution in [2.75, 3.05) is 0 Å². The van der Waals surface area contributed by atoms with E-state index in [1.54, 1.807) is 5.56 Å². The fourth-order valence-corrected chi connectivity index (χ4v) is 3.38. The Labute approximate surface area is 111 Å². The molecule has 2 aliphatic rings. The number of hydrogen-bond donors (Lipinski definition) is 1. The maximum atomic E-state index is 3.80. The summed E-state index contributed by atoms with van der Waals surface area (Å²) in [4.78, 5) is 0. The molecular formula is C17H25N. The number of nitrogens with one attached hydrogen (secondary N) is 1. The van der Waals surface area contributed by atoms with Gasteiger partial charge in [-0.15, -0.1) is 0 Å². The minimum Gasteiger partial charge on any atom is -0.310 e. The van der Waals surface area contributed by atoms with Crippen LogP contribution in [0.4, 0.5) is 0 Å². The van der Waals surface area contributed by atoms with Crippen LogP contribution in [0.15, 0.2) is 24.3 Å². The summed E-state index contributed by atoms with van der Waals surface area (Å²) < 4.78 is 0. The molecule has 0 radical (unpaired) electrons. The van der Waals surface area contributed by atoms with E-state index in [1.807, 2.05) is 0 Å². The van der Waals surface area contributed by atoms with Crippen LogP contribution in [0.1, 0.15) is 56.6 Å². The molecule has 2 aliphatic carbocycles. The Kier molecular flexibility index (Phi) is 3.43. The normalized spacial score (nSPS) is 31.8. The van der Waals surface area contributed by atoms with Crippen molar-refractivity contribution in [3.63, 3.8) is 0 Å². The van der Waals surface area contributed by atoms with Crippen molar-refractivity contribution in [1.82, 2.24) is 5.32 Å². The zero-order valence-corrected chi connectivity index (χ0v) is 11.7. The van der Waals surface area contributed by atoms with Crippen molar-refractivity contribution >= 4 is 0 Å². The summed E-state index contributed by atoms with van der Waals surface area (Å²) >= 11 is 0. The van der Waals surface area contributed by atoms with Crippen molar-refractivity contribution in [1.29, 1.82) is 0 Å². The quantitative estimate of drug-likeness (QED) is 0.840. The van der Waals surface area contributed by atoms with E-state index in [9.17, 15) is 0 Å². The molecule has 1 heteroatoms. The highest BCUT2D eigenvalue weighted by molar-refractivity contribution is 5.33. The Morgan fingerprint density at radius 1 is 1.06 bits per heavy atom. The Morgan fingerprint density at radius 3 is 2.50 bits per heavy atom. The first-order valence-corrected chi connectivity index (χ1v) is 7.57. The summed E-state index contributed by atoms with van der Waals surface area (Å²) in [6.07, 6.45) is 5.54. The molecular weight excluding hydrogens is 218 g/mol. The molecule has 0 saturated heterocycles. The van der Waals surface area contributed by atoms with Crippen LogP contribution < -0.4 is 5.32 Å². The van der Waals surface area contributed by atoms with Crippen LogP contribution in [0.25, 0.3) is 0 Å². The smallest absolute Gasteiger partial charge is 0.0211 e. The molecule has 1 aromatic rings. The first-order valence-electron chi connectivity index (χ1n) is 7.57. The zero-order valence-electron chi connectivity index (χ0n) is 11.7. The summed E-state index contributed by atoms with van der Waals surface area (Å²) in [6, 6.07) is 9.74. The topological polar surface area (TPSA) is 12.0 Å². The highest BCUT2D eigenvalue weighted by Crippen LogP contribution is 2.41. The lowest BCUT2D eigenvalue weighted by Gasteiger charge is -2.20. The molecule has 0 bridgehead atoms. The summed E-state index contributed by atoms with van der Waals surface area (Å²) in [5, 5.41) is 3.80. The first-order chi connectivity index (χ1) is 8.75. The molecule has 2 fully saturated rings. The second-order valence-electron chi connectivity index (χ2n) is 6.37. The molecule has 3 atom stereocenters. The average Bonchev–Trinajstić information content (AvgIpc) is 3.18. The molecule has 0 aromatic heterocycles. The summed E-state index contributed by atoms with van der Waals surface area (Å²) in [7, 11) is 0. The van der Waals surface area contributed by atoms with Gasteiger partial charge >= 0.3 is 0 Å². The molecule has 0 heterocycles. The highest BCUT2D eigenvalue weighted by Gasteiger charge is 2.30. The van der Waals surface area contributed by atoms with Gasteiger partial charge in [0.2, 0.25) is 0 Å². The predicted molar refractivity (Wildman–Crippen MR) is 76.6 cm³/mol. The number of hydrogen-bond acceptors (Lipinski definition) is 1. The van der Waals surface area contributed by atoms with Gasteiger partial charge in [-0.05, 0) is 54.6 Å². The molecule has 3 rings (SSSR count). The molecule has 0 spiro atoms. The zero-order chi connectivity index (χ0) is 12.5. The van der Waals surface area contributed by atoms with Crippen molar-refractivity contribution in [2.45, 2.75) is 58.0 Å². The molecule has 3 unspecified atom stereocenters. The molecule has 1 N–H and O–H groups in total. The maximum Gasteiger partial charge on any atom is 0.0211 e. The van der Waals surface area contributed by atoms with Crippen LogP contribution in [-0.4, -0.2) is 6.04 Å². The third-order valence-electron chi connectivity index (χ3n) is 5.09. The average molecular weight is 243 g/mol. The van der Waals surface area contributed by atoms with E-state index in [4.69, 9.17) is 0 Å². The van der Waals surface area contributed by atoms with Crippen LogP contribution in [0.3, 0.4) is 0 Å². The summed E-state index contributed by atoms with van der Waals surface area (Å²) in [5.41, 5.74) is 3.13. The van der Waals surface area contributed by atoms with Crippen LogP contribution in [0.2, 0.25) is 0 Å². The van der Waals surface area contributed by atoms with Crippen LogP contribution >= 0.6 is 0 Å². The Morgan fingerprint density at radius 2 is 1.83 bits per heavy atom. The van der Waals surface area contributed by atoms with Crippen LogP contribution in [-0.2, 0) is 6.54 Å². The molecule has 2 saturated carbocycles. The van der Waals surface area contributed by atoms with Gasteiger partial charge in [-0.3, -0.25) is 0 Å². The van der Waals surface area contributed by atoms with Gasteiger partial charge in [-0.1, -0.05) is 38.1 Å². The van der Waals surface area contributed by atoms with E-state index >= 15 is 0 Å². The SMILES string of the molecule is CC1CCC(NCc2ccccc2C2CC2)C1C. The van der Waals surface area contributed by atoms with E-state index in [2.05, 4.69) is 43.4 Å². The molecule has 18 heavy (non-hydrogen) atoms. The lowest BCUT2D eigenvalue weighted by atomic mass is 9.97. The van der Waals surface area contributed by atoms with E-state index in [1.165, 1.54) is 31.2 Å². The van der Waals surface area contributed by atoms with Gasteiger partial charge in [0, 0.05) is 12.6 Å². The molecule has 1 nitrogen and oxygen atoms in total.